The van der Waals surface area contributed by atoms with Crippen molar-refractivity contribution in [1.29, 1.82) is 0 Å². The van der Waals surface area contributed by atoms with Gasteiger partial charge in [0, 0.05) is 30.3 Å². The van der Waals surface area contributed by atoms with E-state index in [0.717, 1.165) is 5.39 Å². The van der Waals surface area contributed by atoms with Gasteiger partial charge in [0.2, 0.25) is 33.6 Å². The van der Waals surface area contributed by atoms with Crippen molar-refractivity contribution in [3.05, 3.63) is 43.1 Å². The van der Waals surface area contributed by atoms with E-state index in [0.29, 0.717) is 29.9 Å². The maximum absolute atomic E-state index is 13.8. The minimum Gasteiger partial charge on any atom is -0.497 e. The third-order valence-corrected chi connectivity index (χ3v) is 10.2. The maximum Gasteiger partial charge on any atom is 0.259 e. The molecule has 13 nitrogen and oxygen atoms in total. The molecule has 44 heavy (non-hydrogen) atoms. The zero-order chi connectivity index (χ0) is 31.8. The van der Waals surface area contributed by atoms with Gasteiger partial charge in [-0.15, -0.1) is 6.58 Å². The van der Waals surface area contributed by atoms with Gasteiger partial charge < -0.3 is 25.0 Å². The van der Waals surface area contributed by atoms with Crippen molar-refractivity contribution in [3.8, 4) is 11.6 Å². The second-order valence-electron chi connectivity index (χ2n) is 11.5. The fraction of sp³-hybridized carbons (Fsp3) is 0.500. The molecule has 0 radical (unpaired) electrons. The number of amides is 4. The Balaban J connectivity index is 1.38. The van der Waals surface area contributed by atoms with Crippen molar-refractivity contribution in [1.82, 2.24) is 25.2 Å². The van der Waals surface area contributed by atoms with Gasteiger partial charge in [-0.2, -0.15) is 0 Å². The summed E-state index contributed by atoms with van der Waals surface area (Å²) < 4.78 is 38.7. The number of hydrogen-bond acceptors (Lipinski definition) is 9. The average molecular weight is 628 g/mol. The van der Waals surface area contributed by atoms with Crippen LogP contribution in [0.2, 0.25) is 0 Å². The Bertz CT molecular complexity index is 1610. The number of rotatable bonds is 12. The van der Waals surface area contributed by atoms with Gasteiger partial charge in [0.25, 0.3) is 5.91 Å². The Morgan fingerprint density at radius 1 is 1.23 bits per heavy atom. The number of nitrogens with one attached hydrogen (secondary N) is 3. The fourth-order valence-electron chi connectivity index (χ4n) is 5.56. The molecular weight excluding hydrogens is 590 g/mol. The van der Waals surface area contributed by atoms with Gasteiger partial charge in [0.15, 0.2) is 0 Å². The van der Waals surface area contributed by atoms with E-state index in [1.54, 1.807) is 26.3 Å². The van der Waals surface area contributed by atoms with Crippen molar-refractivity contribution >= 4 is 44.4 Å². The van der Waals surface area contributed by atoms with Gasteiger partial charge in [-0.25, -0.2) is 13.4 Å². The number of nitrogens with zero attached hydrogens (tertiary/aromatic N) is 2. The second kappa shape index (κ2) is 12.1. The molecule has 4 amide bonds. The van der Waals surface area contributed by atoms with E-state index < -0.39 is 62.6 Å². The summed E-state index contributed by atoms with van der Waals surface area (Å²) in [6, 6.07) is 5.23. The molecule has 2 aliphatic carbocycles. The number of benzene rings is 1. The predicted molar refractivity (Wildman–Crippen MR) is 160 cm³/mol. The summed E-state index contributed by atoms with van der Waals surface area (Å²) in [5.41, 5.74) is -1.51. The number of carbonyl (C=O) groups excluding carboxylic acids is 4. The maximum atomic E-state index is 13.8. The summed E-state index contributed by atoms with van der Waals surface area (Å²) in [4.78, 5) is 58.4. The first-order valence-electron chi connectivity index (χ1n) is 14.6. The van der Waals surface area contributed by atoms with Crippen molar-refractivity contribution in [2.75, 3.05) is 13.7 Å². The smallest absolute Gasteiger partial charge is 0.259 e. The van der Waals surface area contributed by atoms with Gasteiger partial charge in [-0.3, -0.25) is 23.9 Å². The Hall–Kier alpha value is -4.20. The monoisotopic (exact) mass is 627 g/mol. The molecule has 236 valence electrons. The highest BCUT2D eigenvalue weighted by atomic mass is 32.2. The highest BCUT2D eigenvalue weighted by molar-refractivity contribution is 7.91. The molecule has 1 aromatic carbocycles. The third kappa shape index (κ3) is 6.21. The molecule has 1 aliphatic heterocycles. The highest BCUT2D eigenvalue weighted by Gasteiger charge is 2.62. The third-order valence-electron chi connectivity index (χ3n) is 8.38. The van der Waals surface area contributed by atoms with E-state index in [2.05, 4.69) is 26.9 Å². The normalized spacial score (nSPS) is 25.1. The van der Waals surface area contributed by atoms with Gasteiger partial charge in [-0.05, 0) is 55.8 Å². The fourth-order valence-corrected chi connectivity index (χ4v) is 6.92. The van der Waals surface area contributed by atoms with E-state index in [1.165, 1.54) is 17.9 Å². The molecule has 0 unspecified atom stereocenters. The number of hydrogen-bond donors (Lipinski definition) is 3. The van der Waals surface area contributed by atoms with Crippen LogP contribution in [0.1, 0.15) is 46.0 Å². The molecule has 14 heteroatoms. The molecule has 1 aromatic heterocycles. The summed E-state index contributed by atoms with van der Waals surface area (Å²) in [7, 11) is -2.29. The van der Waals surface area contributed by atoms with Crippen molar-refractivity contribution < 1.29 is 37.1 Å². The van der Waals surface area contributed by atoms with Crippen LogP contribution in [0, 0.1) is 5.92 Å². The largest absolute Gasteiger partial charge is 0.497 e. The summed E-state index contributed by atoms with van der Waals surface area (Å²) in [6.07, 6.45) is 3.78. The number of sulfonamides is 1. The van der Waals surface area contributed by atoms with Crippen LogP contribution in [-0.4, -0.2) is 84.6 Å². The van der Waals surface area contributed by atoms with Gasteiger partial charge in [-0.1, -0.05) is 13.0 Å². The second-order valence-corrected chi connectivity index (χ2v) is 13.5. The SMILES string of the molecule is C=C[C@@H]1C[C@]1(NC(=O)[C@@H]1C[C@@H](Oc2nccc3cc(OC)ccc23)CN1C(=O)[C@@H](C)NC(=O)CC)C(=O)NS(=O)(=O)C1CC1. The standard InChI is InChI=1S/C30H37N5O8S/c1-5-19-15-30(19,29(39)34-44(40,41)22-8-9-22)33-26(37)24-14-21(16-35(24)28(38)17(3)32-25(36)6-2)43-27-23-10-7-20(42-4)13-18(23)11-12-31-27/h5,7,10-13,17,19,21-22,24H,1,6,8-9,14-16H2,2-4H3,(H,32,36)(H,33,37)(H,34,39)/t17-,19-,21-,24+,30-/m1/s1. The molecule has 2 heterocycles. The van der Waals surface area contributed by atoms with Crippen LogP contribution in [0.5, 0.6) is 11.6 Å². The van der Waals surface area contributed by atoms with Gasteiger partial charge >= 0.3 is 0 Å². The lowest BCUT2D eigenvalue weighted by Gasteiger charge is -2.28. The number of likely N-dealkylation sites (tertiary alicyclic amines) is 1. The minimum absolute atomic E-state index is 0.0115. The van der Waals surface area contributed by atoms with E-state index in [-0.39, 0.29) is 31.7 Å². The molecule has 5 atom stereocenters. The molecule has 5 rings (SSSR count). The zero-order valence-corrected chi connectivity index (χ0v) is 25.7. The molecule has 3 fully saturated rings. The first-order chi connectivity index (χ1) is 20.9. The van der Waals surface area contributed by atoms with Gasteiger partial charge in [0.05, 0.1) is 18.9 Å². The lowest BCUT2D eigenvalue weighted by atomic mass is 10.1. The number of ether oxygens (including phenoxy) is 2. The summed E-state index contributed by atoms with van der Waals surface area (Å²) in [6.45, 7) is 6.93. The number of aromatic nitrogens is 1. The van der Waals surface area contributed by atoms with Crippen LogP contribution in [0.25, 0.3) is 10.8 Å². The number of carbonyl (C=O) groups is 4. The van der Waals surface area contributed by atoms with Crippen molar-refractivity contribution in [3.63, 3.8) is 0 Å². The molecule has 2 saturated carbocycles. The van der Waals surface area contributed by atoms with Crippen molar-refractivity contribution in [2.45, 2.75) is 74.9 Å². The van der Waals surface area contributed by atoms with Crippen LogP contribution in [0.15, 0.2) is 43.1 Å². The molecule has 0 spiro atoms. The van der Waals surface area contributed by atoms with E-state index in [4.69, 9.17) is 9.47 Å². The summed E-state index contributed by atoms with van der Waals surface area (Å²) >= 11 is 0. The van der Waals surface area contributed by atoms with Crippen LogP contribution >= 0.6 is 0 Å². The van der Waals surface area contributed by atoms with Crippen LogP contribution in [-0.2, 0) is 29.2 Å². The topological polar surface area (TPSA) is 173 Å². The van der Waals surface area contributed by atoms with E-state index in [1.807, 2.05) is 18.2 Å². The summed E-state index contributed by atoms with van der Waals surface area (Å²) in [5, 5.41) is 6.29. The highest BCUT2D eigenvalue weighted by Crippen LogP contribution is 2.45. The predicted octanol–water partition coefficient (Wildman–Crippen LogP) is 1.18. The van der Waals surface area contributed by atoms with Crippen LogP contribution in [0.3, 0.4) is 0 Å². The molecule has 3 aliphatic rings. The van der Waals surface area contributed by atoms with Crippen LogP contribution in [0.4, 0.5) is 0 Å². The van der Waals surface area contributed by atoms with Gasteiger partial charge in [0.1, 0.15) is 29.5 Å². The lowest BCUT2D eigenvalue weighted by molar-refractivity contribution is -0.142. The Morgan fingerprint density at radius 3 is 2.61 bits per heavy atom. The lowest BCUT2D eigenvalue weighted by Crippen LogP contribution is -2.58. The summed E-state index contributed by atoms with van der Waals surface area (Å²) in [5.74, 6) is -1.81. The average Bonchev–Trinajstić information content (AvgIpc) is 3.93. The quantitative estimate of drug-likeness (QED) is 0.292. The van der Waals surface area contributed by atoms with Crippen LogP contribution < -0.4 is 24.8 Å². The van der Waals surface area contributed by atoms with E-state index in [9.17, 15) is 27.6 Å². The Kier molecular flexibility index (Phi) is 8.56. The number of pyridine rings is 1. The Morgan fingerprint density at radius 2 is 1.98 bits per heavy atom. The molecule has 3 N–H and O–H groups in total. The minimum atomic E-state index is -3.86. The molecule has 2 aromatic rings. The Labute approximate surface area is 255 Å². The number of methoxy groups -OCH3 is 1. The number of fused-ring (bicyclic) bond motifs is 1. The molecule has 0 bridgehead atoms. The first-order valence-corrected chi connectivity index (χ1v) is 16.2. The molecular formula is C30H37N5O8S. The zero-order valence-electron chi connectivity index (χ0n) is 24.9. The first kappa shape index (κ1) is 31.2. The van der Waals surface area contributed by atoms with Crippen molar-refractivity contribution in [2.24, 2.45) is 5.92 Å². The van der Waals surface area contributed by atoms with E-state index >= 15 is 0 Å². The molecule has 1 saturated heterocycles.